The maximum atomic E-state index is 5.00. The maximum Gasteiger partial charge on any atom is 0.0934 e. The van der Waals surface area contributed by atoms with Crippen molar-refractivity contribution in [2.24, 2.45) is 0 Å². The van der Waals surface area contributed by atoms with E-state index in [-0.39, 0.29) is 0 Å². The van der Waals surface area contributed by atoms with Crippen LogP contribution in [-0.2, 0) is 4.74 Å². The maximum absolute atomic E-state index is 5.00. The van der Waals surface area contributed by atoms with E-state index in [1.165, 1.54) is 0 Å². The fourth-order valence-corrected chi connectivity index (χ4v) is 0.631. The largest absolute Gasteiger partial charge is 0.372 e. The molecule has 52 valence electrons. The van der Waals surface area contributed by atoms with E-state index in [1.54, 1.807) is 0 Å². The van der Waals surface area contributed by atoms with Gasteiger partial charge in [0.15, 0.2) is 0 Å². The number of rotatable bonds is 4. The van der Waals surface area contributed by atoms with E-state index in [1.807, 2.05) is 13.0 Å². The molecular formula is C7H13NO. The number of epoxide rings is 1. The molecule has 2 nitrogen and oxygen atoms in total. The third kappa shape index (κ3) is 3.27. The molecule has 0 aliphatic carbocycles. The van der Waals surface area contributed by atoms with Gasteiger partial charge in [-0.2, -0.15) is 0 Å². The second-order valence-corrected chi connectivity index (χ2v) is 2.18. The van der Waals surface area contributed by atoms with Gasteiger partial charge in [0.25, 0.3) is 0 Å². The number of nitrogens with one attached hydrogen (secondary N) is 1. The van der Waals surface area contributed by atoms with Crippen LogP contribution in [0.5, 0.6) is 0 Å². The first-order valence-electron chi connectivity index (χ1n) is 3.37. The van der Waals surface area contributed by atoms with Crippen LogP contribution in [0.2, 0.25) is 0 Å². The molecular weight excluding hydrogens is 114 g/mol. The van der Waals surface area contributed by atoms with Crippen molar-refractivity contribution < 1.29 is 4.74 Å². The zero-order valence-corrected chi connectivity index (χ0v) is 5.76. The molecule has 1 N–H and O–H groups in total. The summed E-state index contributed by atoms with van der Waals surface area (Å²) < 4.78 is 5.00. The highest BCUT2D eigenvalue weighted by molar-refractivity contribution is 4.81. The Bertz CT molecular complexity index is 97.1. The Morgan fingerprint density at radius 2 is 2.56 bits per heavy atom. The van der Waals surface area contributed by atoms with Crippen LogP contribution < -0.4 is 5.32 Å². The monoisotopic (exact) mass is 127 g/mol. The minimum absolute atomic E-state index is 0.509. The molecule has 0 bridgehead atoms. The highest BCUT2D eigenvalue weighted by Gasteiger charge is 2.20. The fourth-order valence-electron chi connectivity index (χ4n) is 0.631. The molecule has 1 saturated heterocycles. The van der Waals surface area contributed by atoms with Gasteiger partial charge in [-0.15, -0.1) is 0 Å². The Hall–Kier alpha value is -0.340. The number of hydrogen-bond acceptors (Lipinski definition) is 2. The number of allylic oxidation sites excluding steroid dienone is 1. The second-order valence-electron chi connectivity index (χ2n) is 2.18. The van der Waals surface area contributed by atoms with Gasteiger partial charge in [-0.1, -0.05) is 12.2 Å². The minimum atomic E-state index is 0.509. The molecule has 2 heteroatoms. The molecule has 1 rings (SSSR count). The van der Waals surface area contributed by atoms with Gasteiger partial charge in [0.2, 0.25) is 0 Å². The Kier molecular flexibility index (Phi) is 2.74. The van der Waals surface area contributed by atoms with Crippen LogP contribution in [0.15, 0.2) is 12.2 Å². The van der Waals surface area contributed by atoms with Crippen molar-refractivity contribution in [3.05, 3.63) is 12.2 Å². The molecule has 1 heterocycles. The quantitative estimate of drug-likeness (QED) is 0.339. The first kappa shape index (κ1) is 6.78. The normalized spacial score (nSPS) is 25.2. The number of hydrogen-bond donors (Lipinski definition) is 1. The molecule has 1 aliphatic rings. The van der Waals surface area contributed by atoms with E-state index >= 15 is 0 Å². The van der Waals surface area contributed by atoms with Gasteiger partial charge < -0.3 is 10.1 Å². The predicted octanol–water partition coefficient (Wildman–Crippen LogP) is 0.551. The summed E-state index contributed by atoms with van der Waals surface area (Å²) in [7, 11) is 0. The van der Waals surface area contributed by atoms with Gasteiger partial charge in [-0.25, -0.2) is 0 Å². The van der Waals surface area contributed by atoms with Crippen molar-refractivity contribution >= 4 is 0 Å². The van der Waals surface area contributed by atoms with Gasteiger partial charge in [0.1, 0.15) is 0 Å². The lowest BCUT2D eigenvalue weighted by Gasteiger charge is -1.94. The van der Waals surface area contributed by atoms with Crippen molar-refractivity contribution in [2.45, 2.75) is 13.0 Å². The van der Waals surface area contributed by atoms with Crippen LogP contribution in [-0.4, -0.2) is 25.8 Å². The summed E-state index contributed by atoms with van der Waals surface area (Å²) in [6, 6.07) is 0. The second kappa shape index (κ2) is 3.64. The summed E-state index contributed by atoms with van der Waals surface area (Å²) in [5.74, 6) is 0. The van der Waals surface area contributed by atoms with Gasteiger partial charge in [0, 0.05) is 13.1 Å². The summed E-state index contributed by atoms with van der Waals surface area (Å²) in [5.41, 5.74) is 0. The average Bonchev–Trinajstić information content (AvgIpc) is 2.63. The lowest BCUT2D eigenvalue weighted by atomic mass is 10.4. The Morgan fingerprint density at radius 3 is 3.11 bits per heavy atom. The van der Waals surface area contributed by atoms with Crippen molar-refractivity contribution in [2.75, 3.05) is 19.7 Å². The van der Waals surface area contributed by atoms with E-state index in [9.17, 15) is 0 Å². The zero-order chi connectivity index (χ0) is 6.53. The molecule has 1 aliphatic heterocycles. The predicted molar refractivity (Wildman–Crippen MR) is 37.4 cm³/mol. The summed E-state index contributed by atoms with van der Waals surface area (Å²) in [4.78, 5) is 0. The zero-order valence-electron chi connectivity index (χ0n) is 5.76. The highest BCUT2D eigenvalue weighted by atomic mass is 16.6. The number of ether oxygens (including phenoxy) is 1. The molecule has 9 heavy (non-hydrogen) atoms. The third-order valence-electron chi connectivity index (χ3n) is 1.27. The molecule has 0 spiro atoms. The van der Waals surface area contributed by atoms with Crippen molar-refractivity contribution in [3.8, 4) is 0 Å². The van der Waals surface area contributed by atoms with Crippen LogP contribution in [0.4, 0.5) is 0 Å². The van der Waals surface area contributed by atoms with Gasteiger partial charge in [0.05, 0.1) is 12.7 Å². The summed E-state index contributed by atoms with van der Waals surface area (Å²) in [5, 5.41) is 3.24. The van der Waals surface area contributed by atoms with Gasteiger partial charge in [-0.3, -0.25) is 0 Å². The lowest BCUT2D eigenvalue weighted by Crippen LogP contribution is -2.19. The van der Waals surface area contributed by atoms with Crippen LogP contribution >= 0.6 is 0 Å². The molecule has 0 aromatic carbocycles. The minimum Gasteiger partial charge on any atom is -0.372 e. The Morgan fingerprint density at radius 1 is 1.78 bits per heavy atom. The molecule has 1 fully saturated rings. The summed E-state index contributed by atoms with van der Waals surface area (Å²) in [6.45, 7) is 4.94. The van der Waals surface area contributed by atoms with Crippen LogP contribution in [0, 0.1) is 0 Å². The summed E-state index contributed by atoms with van der Waals surface area (Å²) >= 11 is 0. The standard InChI is InChI=1S/C7H13NO/c1-2-3-4-8-5-7-6-9-7/h2-3,7-8H,4-6H2,1H3/b3-2+. The molecule has 1 atom stereocenters. The SMILES string of the molecule is C/C=C/CNCC1CO1. The van der Waals surface area contributed by atoms with Crippen LogP contribution in [0.3, 0.4) is 0 Å². The molecule has 0 saturated carbocycles. The molecule has 0 amide bonds. The molecule has 1 unspecified atom stereocenters. The smallest absolute Gasteiger partial charge is 0.0934 e. The van der Waals surface area contributed by atoms with Crippen LogP contribution in [0.25, 0.3) is 0 Å². The summed E-state index contributed by atoms with van der Waals surface area (Å²) in [6.07, 6.45) is 4.65. The average molecular weight is 127 g/mol. The van der Waals surface area contributed by atoms with E-state index in [4.69, 9.17) is 4.74 Å². The first-order chi connectivity index (χ1) is 4.43. The highest BCUT2D eigenvalue weighted by Crippen LogP contribution is 2.05. The Balaban J connectivity index is 1.81. The van der Waals surface area contributed by atoms with Crippen molar-refractivity contribution in [3.63, 3.8) is 0 Å². The topological polar surface area (TPSA) is 24.6 Å². The van der Waals surface area contributed by atoms with Crippen LogP contribution in [0.1, 0.15) is 6.92 Å². The van der Waals surface area contributed by atoms with E-state index in [2.05, 4.69) is 11.4 Å². The van der Waals surface area contributed by atoms with Crippen molar-refractivity contribution in [1.82, 2.24) is 5.32 Å². The molecule has 0 aromatic heterocycles. The van der Waals surface area contributed by atoms with E-state index in [0.717, 1.165) is 19.7 Å². The Labute approximate surface area is 55.9 Å². The molecule has 0 radical (unpaired) electrons. The van der Waals surface area contributed by atoms with Gasteiger partial charge >= 0.3 is 0 Å². The first-order valence-corrected chi connectivity index (χ1v) is 3.37. The fraction of sp³-hybridized carbons (Fsp3) is 0.714. The van der Waals surface area contributed by atoms with E-state index < -0.39 is 0 Å². The third-order valence-corrected chi connectivity index (χ3v) is 1.27. The van der Waals surface area contributed by atoms with Gasteiger partial charge in [-0.05, 0) is 6.92 Å². The lowest BCUT2D eigenvalue weighted by molar-refractivity contribution is 0.400. The molecule has 0 aromatic rings. The van der Waals surface area contributed by atoms with E-state index in [0.29, 0.717) is 6.10 Å². The van der Waals surface area contributed by atoms with Crippen molar-refractivity contribution in [1.29, 1.82) is 0 Å².